The number of ether oxygens (including phenoxy) is 2. The maximum Gasteiger partial charge on any atom is 0.341 e. The zero-order chi connectivity index (χ0) is 21.1. The maximum atomic E-state index is 15.2. The van der Waals surface area contributed by atoms with Gasteiger partial charge in [-0.15, -0.1) is 5.10 Å². The molecule has 4 heterocycles. The zero-order valence-corrected chi connectivity index (χ0v) is 17.0. The maximum absolute atomic E-state index is 15.2. The number of aromatic nitrogens is 3. The molecule has 2 aromatic rings. The molecule has 0 aliphatic carbocycles. The number of aromatic carboxylic acids is 1. The van der Waals surface area contributed by atoms with Crippen LogP contribution in [0.4, 0.5) is 4.39 Å². The first-order valence-electron chi connectivity index (χ1n) is 9.28. The lowest BCUT2D eigenvalue weighted by atomic mass is 9.85. The Bertz CT molecular complexity index is 1050. The third kappa shape index (κ3) is 3.22. The van der Waals surface area contributed by atoms with Crippen molar-refractivity contribution in [3.8, 4) is 17.3 Å². The summed E-state index contributed by atoms with van der Waals surface area (Å²) in [6.07, 6.45) is 1.68. The van der Waals surface area contributed by atoms with E-state index in [1.807, 2.05) is 20.8 Å². The summed E-state index contributed by atoms with van der Waals surface area (Å²) in [5.41, 5.74) is -2.07. The predicted octanol–water partition coefficient (Wildman–Crippen LogP) is 2.97. The molecule has 10 heteroatoms. The number of rotatable bonds is 3. The third-order valence-electron chi connectivity index (χ3n) is 5.35. The second-order valence-electron chi connectivity index (χ2n) is 8.38. The quantitative estimate of drug-likeness (QED) is 0.812. The van der Waals surface area contributed by atoms with E-state index in [0.29, 0.717) is 26.2 Å². The minimum Gasteiger partial charge on any atom is -0.477 e. The van der Waals surface area contributed by atoms with Crippen LogP contribution in [0.1, 0.15) is 43.6 Å². The van der Waals surface area contributed by atoms with Crippen LogP contribution in [-0.2, 0) is 11.3 Å². The van der Waals surface area contributed by atoms with Crippen molar-refractivity contribution < 1.29 is 23.8 Å². The first-order chi connectivity index (χ1) is 13.6. The van der Waals surface area contributed by atoms with Crippen molar-refractivity contribution in [2.45, 2.75) is 45.9 Å². The van der Waals surface area contributed by atoms with Gasteiger partial charge in [0.25, 0.3) is 5.88 Å². The molecule has 2 aromatic heterocycles. The molecule has 2 aliphatic heterocycles. The molecule has 1 saturated heterocycles. The normalized spacial score (nSPS) is 21.0. The van der Waals surface area contributed by atoms with Gasteiger partial charge >= 0.3 is 5.97 Å². The highest BCUT2D eigenvalue weighted by Crippen LogP contribution is 2.45. The number of hydrogen-bond donors (Lipinski definition) is 1. The number of carboxylic acids is 1. The van der Waals surface area contributed by atoms with Crippen molar-refractivity contribution in [2.24, 2.45) is 5.41 Å². The molecule has 29 heavy (non-hydrogen) atoms. The Morgan fingerprint density at radius 1 is 1.41 bits per heavy atom. The second-order valence-corrected chi connectivity index (χ2v) is 8.76. The van der Waals surface area contributed by atoms with Crippen molar-refractivity contribution in [1.29, 1.82) is 0 Å². The first-order valence-corrected chi connectivity index (χ1v) is 9.66. The molecule has 1 N–H and O–H groups in total. The van der Waals surface area contributed by atoms with Crippen LogP contribution in [0.2, 0.25) is 5.02 Å². The summed E-state index contributed by atoms with van der Waals surface area (Å²) >= 11 is 6.49. The summed E-state index contributed by atoms with van der Waals surface area (Å²) in [5.74, 6) is -2.50. The number of carboxylic acid groups (broad SMARTS) is 1. The van der Waals surface area contributed by atoms with Gasteiger partial charge in [0.05, 0.1) is 25.8 Å². The van der Waals surface area contributed by atoms with E-state index in [0.717, 1.165) is 0 Å². The van der Waals surface area contributed by atoms with Crippen LogP contribution in [0.5, 0.6) is 5.88 Å². The average molecular weight is 426 g/mol. The van der Waals surface area contributed by atoms with Gasteiger partial charge in [0, 0.05) is 12.6 Å². The van der Waals surface area contributed by atoms with Gasteiger partial charge in [0.15, 0.2) is 5.82 Å². The van der Waals surface area contributed by atoms with Gasteiger partial charge in [0.1, 0.15) is 28.1 Å². The predicted molar refractivity (Wildman–Crippen MR) is 102 cm³/mol. The highest BCUT2D eigenvalue weighted by molar-refractivity contribution is 6.34. The Morgan fingerprint density at radius 2 is 2.14 bits per heavy atom. The molecular formula is C19H21ClFN3O5. The summed E-state index contributed by atoms with van der Waals surface area (Å²) in [7, 11) is 0. The van der Waals surface area contributed by atoms with Gasteiger partial charge in [-0.1, -0.05) is 32.4 Å². The van der Waals surface area contributed by atoms with Crippen LogP contribution >= 0.6 is 11.6 Å². The van der Waals surface area contributed by atoms with Crippen LogP contribution in [0.25, 0.3) is 11.4 Å². The molecule has 0 bridgehead atoms. The van der Waals surface area contributed by atoms with E-state index in [-0.39, 0.29) is 39.9 Å². The zero-order valence-electron chi connectivity index (χ0n) is 16.2. The molecule has 4 rings (SSSR count). The van der Waals surface area contributed by atoms with Crippen molar-refractivity contribution >= 4 is 17.6 Å². The Morgan fingerprint density at radius 3 is 2.72 bits per heavy atom. The molecule has 1 fully saturated rings. The SMILES string of the molecule is CC(C)(C)[C@@H]1Cn2nc(O[C@H]3CCOC3)c(Cl)c2-c2c(F)c(=O)c(C(=O)O)cn21. The van der Waals surface area contributed by atoms with Crippen molar-refractivity contribution in [2.75, 3.05) is 13.2 Å². The van der Waals surface area contributed by atoms with E-state index in [2.05, 4.69) is 5.10 Å². The molecule has 156 valence electrons. The topological polar surface area (TPSA) is 95.6 Å². The molecule has 2 atom stereocenters. The number of nitrogens with zero attached hydrogens (tertiary/aromatic N) is 3. The van der Waals surface area contributed by atoms with Crippen molar-refractivity contribution in [3.63, 3.8) is 0 Å². The molecule has 0 radical (unpaired) electrons. The minimum absolute atomic E-state index is 0.0822. The molecular weight excluding hydrogens is 405 g/mol. The van der Waals surface area contributed by atoms with Gasteiger partial charge in [-0.05, 0) is 5.41 Å². The van der Waals surface area contributed by atoms with Crippen LogP contribution in [0.3, 0.4) is 0 Å². The van der Waals surface area contributed by atoms with Crippen LogP contribution in [0.15, 0.2) is 11.0 Å². The van der Waals surface area contributed by atoms with E-state index in [9.17, 15) is 14.7 Å². The van der Waals surface area contributed by atoms with E-state index in [1.54, 1.807) is 0 Å². The van der Waals surface area contributed by atoms with E-state index >= 15 is 4.39 Å². The average Bonchev–Trinajstić information content (AvgIpc) is 3.25. The molecule has 8 nitrogen and oxygen atoms in total. The number of halogens is 2. The Balaban J connectivity index is 1.93. The second kappa shape index (κ2) is 6.84. The summed E-state index contributed by atoms with van der Waals surface area (Å²) in [5, 5.41) is 13.8. The summed E-state index contributed by atoms with van der Waals surface area (Å²) < 4.78 is 29.3. The number of fused-ring (bicyclic) bond motifs is 3. The highest BCUT2D eigenvalue weighted by Gasteiger charge is 2.39. The van der Waals surface area contributed by atoms with Gasteiger partial charge in [-0.25, -0.2) is 9.18 Å². The standard InChI is InChI=1S/C19H21ClFN3O5/c1-19(2,3)11-7-24-14(12(20)17(22-24)29-9-4-5-28-8-9)15-13(21)16(25)10(18(26)27)6-23(11)15/h6,9,11H,4-5,7-8H2,1-3H3,(H,26,27)/t9-,11-/m0/s1. The van der Waals surface area contributed by atoms with Gasteiger partial charge in [0.2, 0.25) is 5.43 Å². The number of carbonyl (C=O) groups is 1. The van der Waals surface area contributed by atoms with E-state index in [1.165, 1.54) is 15.4 Å². The molecule has 0 saturated carbocycles. The van der Waals surface area contributed by atoms with Crippen molar-refractivity contribution in [3.05, 3.63) is 32.8 Å². The van der Waals surface area contributed by atoms with Crippen LogP contribution in [-0.4, -0.2) is 44.7 Å². The summed E-state index contributed by atoms with van der Waals surface area (Å²) in [4.78, 5) is 23.8. The molecule has 0 amide bonds. The van der Waals surface area contributed by atoms with Crippen molar-refractivity contribution in [1.82, 2.24) is 14.3 Å². The van der Waals surface area contributed by atoms with Gasteiger partial charge in [-0.2, -0.15) is 0 Å². The Hall–Kier alpha value is -2.39. The Kier molecular flexibility index (Phi) is 4.70. The monoisotopic (exact) mass is 425 g/mol. The minimum atomic E-state index is -1.48. The first kappa shape index (κ1) is 19.9. The smallest absolute Gasteiger partial charge is 0.341 e. The van der Waals surface area contributed by atoms with Gasteiger partial charge < -0.3 is 19.1 Å². The lowest BCUT2D eigenvalue weighted by Crippen LogP contribution is -2.36. The van der Waals surface area contributed by atoms with E-state index < -0.39 is 22.8 Å². The third-order valence-corrected chi connectivity index (χ3v) is 5.69. The molecule has 2 aliphatic rings. The number of pyridine rings is 1. The fourth-order valence-electron chi connectivity index (χ4n) is 3.78. The van der Waals surface area contributed by atoms with Crippen LogP contribution < -0.4 is 10.2 Å². The Labute approximate surface area is 170 Å². The number of hydrogen-bond acceptors (Lipinski definition) is 5. The molecule has 0 spiro atoms. The van der Waals surface area contributed by atoms with Gasteiger partial charge in [-0.3, -0.25) is 9.48 Å². The lowest BCUT2D eigenvalue weighted by molar-refractivity contribution is 0.0692. The summed E-state index contributed by atoms with van der Waals surface area (Å²) in [6.45, 7) is 7.14. The lowest BCUT2D eigenvalue weighted by Gasteiger charge is -2.38. The fourth-order valence-corrected chi connectivity index (χ4v) is 4.05. The molecule has 0 aromatic carbocycles. The summed E-state index contributed by atoms with van der Waals surface area (Å²) in [6, 6.07) is -0.364. The van der Waals surface area contributed by atoms with Crippen LogP contribution in [0, 0.1) is 11.2 Å². The fraction of sp³-hybridized carbons (Fsp3) is 0.526. The van der Waals surface area contributed by atoms with E-state index in [4.69, 9.17) is 21.1 Å². The molecule has 0 unspecified atom stereocenters. The highest BCUT2D eigenvalue weighted by atomic mass is 35.5. The largest absolute Gasteiger partial charge is 0.477 e.